The molecule has 3 rings (SSSR count). The molecule has 1 aromatic heterocycles. The molecule has 1 aliphatic heterocycles. The van der Waals surface area contributed by atoms with Gasteiger partial charge in [0.05, 0.1) is 0 Å². The summed E-state index contributed by atoms with van der Waals surface area (Å²) in [5.41, 5.74) is 2.19. The molecule has 7 heteroatoms. The number of nitriles is 3. The van der Waals surface area contributed by atoms with E-state index in [2.05, 4.69) is 60.4 Å². The van der Waals surface area contributed by atoms with Crippen molar-refractivity contribution in [2.24, 2.45) is 0 Å². The van der Waals surface area contributed by atoms with Crippen molar-refractivity contribution in [3.63, 3.8) is 0 Å². The molecule has 1 aromatic carbocycles. The molecule has 2 aromatic rings. The van der Waals surface area contributed by atoms with Gasteiger partial charge >= 0.3 is 0 Å². The zero-order chi connectivity index (χ0) is 28.3. The Kier molecular flexibility index (Phi) is 10.7. The summed E-state index contributed by atoms with van der Waals surface area (Å²) >= 11 is 1.63. The SMILES string of the molecule is CCN(CCCCCCO)c1ccc(/C=C/c2ccc(/C=C/C3=C(C#N)C(=C(C#N)C#N)OC3(C)C)s2)cc1. The summed E-state index contributed by atoms with van der Waals surface area (Å²) in [4.78, 5) is 4.50. The number of aliphatic hydroxyl groups excluding tert-OH is 1. The third-order valence-electron chi connectivity index (χ3n) is 6.54. The molecule has 0 bridgehead atoms. The van der Waals surface area contributed by atoms with Crippen molar-refractivity contribution in [3.05, 3.63) is 80.3 Å². The molecule has 0 amide bonds. The Bertz CT molecular complexity index is 1370. The van der Waals surface area contributed by atoms with Gasteiger partial charge in [-0.3, -0.25) is 0 Å². The van der Waals surface area contributed by atoms with Crippen molar-refractivity contribution in [1.82, 2.24) is 0 Å². The summed E-state index contributed by atoms with van der Waals surface area (Å²) in [6.45, 7) is 8.07. The number of nitrogens with zero attached hydrogens (tertiary/aromatic N) is 4. The highest BCUT2D eigenvalue weighted by Gasteiger charge is 2.38. The van der Waals surface area contributed by atoms with E-state index in [9.17, 15) is 15.8 Å². The normalized spacial score (nSPS) is 14.3. The molecule has 1 aliphatic rings. The summed E-state index contributed by atoms with van der Waals surface area (Å²) in [5.74, 6) is 0.0491. The minimum Gasteiger partial charge on any atom is -0.480 e. The monoisotopic (exact) mass is 538 g/mol. The number of rotatable bonds is 12. The zero-order valence-electron chi connectivity index (χ0n) is 22.8. The van der Waals surface area contributed by atoms with Gasteiger partial charge in [0, 0.05) is 40.7 Å². The minimum atomic E-state index is -0.824. The first-order chi connectivity index (χ1) is 18.9. The van der Waals surface area contributed by atoms with Crippen LogP contribution in [0.4, 0.5) is 5.69 Å². The number of benzene rings is 1. The molecule has 0 radical (unpaired) electrons. The third-order valence-corrected chi connectivity index (χ3v) is 7.56. The second kappa shape index (κ2) is 14.2. The average molecular weight is 539 g/mol. The van der Waals surface area contributed by atoms with Gasteiger partial charge in [-0.2, -0.15) is 15.8 Å². The highest BCUT2D eigenvalue weighted by atomic mass is 32.1. The van der Waals surface area contributed by atoms with Gasteiger partial charge in [0.1, 0.15) is 29.4 Å². The second-order valence-electron chi connectivity index (χ2n) is 9.66. The Labute approximate surface area is 235 Å². The quantitative estimate of drug-likeness (QED) is 0.226. The molecule has 0 aliphatic carbocycles. The highest BCUT2D eigenvalue weighted by Crippen LogP contribution is 2.40. The highest BCUT2D eigenvalue weighted by molar-refractivity contribution is 7.13. The molecule has 0 atom stereocenters. The fraction of sp³-hybridized carbons (Fsp3) is 0.344. The van der Waals surface area contributed by atoms with Gasteiger partial charge in [-0.1, -0.05) is 37.1 Å². The molecular weight excluding hydrogens is 504 g/mol. The van der Waals surface area contributed by atoms with E-state index >= 15 is 0 Å². The standard InChI is InChI=1S/C32H34N4O2S/c1-4-36(19-7-5-6-8-20-37)26-12-9-24(10-13-26)11-14-27-15-16-28(39-27)17-18-30-29(23-35)31(25(21-33)22-34)38-32(30,2)3/h9-18,37H,4-8,19-20H2,1-3H3/b14-11+,18-17+. The Balaban J connectivity index is 1.67. The van der Waals surface area contributed by atoms with Crippen molar-refractivity contribution >= 4 is 35.3 Å². The lowest BCUT2D eigenvalue weighted by Gasteiger charge is -2.23. The van der Waals surface area contributed by atoms with Gasteiger partial charge in [0.25, 0.3) is 0 Å². The Morgan fingerprint density at radius 2 is 1.56 bits per heavy atom. The van der Waals surface area contributed by atoms with E-state index < -0.39 is 5.60 Å². The van der Waals surface area contributed by atoms with Crippen molar-refractivity contribution in [2.45, 2.75) is 52.1 Å². The van der Waals surface area contributed by atoms with Gasteiger partial charge in [-0.15, -0.1) is 11.3 Å². The molecule has 0 fully saturated rings. The van der Waals surface area contributed by atoms with Crippen LogP contribution in [0.15, 0.2) is 65.0 Å². The first-order valence-corrected chi connectivity index (χ1v) is 14.0. The van der Waals surface area contributed by atoms with Gasteiger partial charge in [-0.25, -0.2) is 0 Å². The van der Waals surface area contributed by atoms with Crippen LogP contribution in [0.5, 0.6) is 0 Å². The second-order valence-corrected chi connectivity index (χ2v) is 10.8. The Morgan fingerprint density at radius 3 is 2.15 bits per heavy atom. The van der Waals surface area contributed by atoms with Crippen molar-refractivity contribution < 1.29 is 9.84 Å². The van der Waals surface area contributed by atoms with Gasteiger partial charge in [-0.05, 0) is 75.6 Å². The van der Waals surface area contributed by atoms with E-state index in [1.165, 1.54) is 5.69 Å². The number of anilines is 1. The van der Waals surface area contributed by atoms with Crippen LogP contribution in [0.3, 0.4) is 0 Å². The molecular formula is C32H34N4O2S. The third kappa shape index (κ3) is 7.71. The van der Waals surface area contributed by atoms with Crippen molar-refractivity contribution in [2.75, 3.05) is 24.6 Å². The maximum Gasteiger partial charge on any atom is 0.172 e. The topological polar surface area (TPSA) is 104 Å². The summed E-state index contributed by atoms with van der Waals surface area (Å²) in [6.07, 6.45) is 12.2. The van der Waals surface area contributed by atoms with Crippen LogP contribution in [0, 0.1) is 34.0 Å². The molecule has 39 heavy (non-hydrogen) atoms. The number of thiophene rings is 1. The number of hydrogen-bond donors (Lipinski definition) is 1. The molecule has 6 nitrogen and oxygen atoms in total. The van der Waals surface area contributed by atoms with Crippen LogP contribution < -0.4 is 4.90 Å². The van der Waals surface area contributed by atoms with E-state index in [4.69, 9.17) is 9.84 Å². The molecule has 0 saturated carbocycles. The lowest BCUT2D eigenvalue weighted by atomic mass is 9.94. The van der Waals surface area contributed by atoms with Crippen LogP contribution in [-0.2, 0) is 4.74 Å². The molecule has 0 spiro atoms. The fourth-order valence-corrected chi connectivity index (χ4v) is 5.22. The van der Waals surface area contributed by atoms with Crippen LogP contribution in [0.25, 0.3) is 18.2 Å². The van der Waals surface area contributed by atoms with Gasteiger partial charge in [0.2, 0.25) is 0 Å². The lowest BCUT2D eigenvalue weighted by Crippen LogP contribution is -2.23. The van der Waals surface area contributed by atoms with E-state index in [-0.39, 0.29) is 23.5 Å². The minimum absolute atomic E-state index is 0.0491. The molecule has 0 saturated heterocycles. The number of aliphatic hydroxyl groups is 1. The van der Waals surface area contributed by atoms with Crippen molar-refractivity contribution in [1.29, 1.82) is 15.8 Å². The van der Waals surface area contributed by atoms with Crippen LogP contribution in [0.1, 0.15) is 61.8 Å². The largest absolute Gasteiger partial charge is 0.480 e. The number of unbranched alkanes of at least 4 members (excludes halogenated alkanes) is 3. The summed E-state index contributed by atoms with van der Waals surface area (Å²) in [6, 6.07) is 18.4. The van der Waals surface area contributed by atoms with Gasteiger partial charge < -0.3 is 14.7 Å². The van der Waals surface area contributed by atoms with Crippen molar-refractivity contribution in [3.8, 4) is 18.2 Å². The summed E-state index contributed by atoms with van der Waals surface area (Å²) < 4.78 is 5.82. The number of ether oxygens (including phenoxy) is 1. The van der Waals surface area contributed by atoms with E-state index in [0.717, 1.165) is 54.1 Å². The average Bonchev–Trinajstić information content (AvgIpc) is 3.50. The summed E-state index contributed by atoms with van der Waals surface area (Å²) in [7, 11) is 0. The fourth-order valence-electron chi connectivity index (χ4n) is 4.41. The van der Waals surface area contributed by atoms with Crippen LogP contribution in [-0.4, -0.2) is 30.4 Å². The smallest absolute Gasteiger partial charge is 0.172 e. The zero-order valence-corrected chi connectivity index (χ0v) is 23.6. The van der Waals surface area contributed by atoms with E-state index in [1.54, 1.807) is 11.3 Å². The molecule has 0 unspecified atom stereocenters. The number of hydrogen-bond acceptors (Lipinski definition) is 7. The maximum absolute atomic E-state index is 9.69. The lowest BCUT2D eigenvalue weighted by molar-refractivity contribution is 0.0954. The summed E-state index contributed by atoms with van der Waals surface area (Å²) in [5, 5.41) is 37.1. The number of allylic oxidation sites excluding steroid dienone is 2. The Morgan fingerprint density at radius 1 is 0.923 bits per heavy atom. The Hall–Kier alpha value is -4.09. The molecule has 1 N–H and O–H groups in total. The van der Waals surface area contributed by atoms with E-state index in [1.807, 2.05) is 44.2 Å². The first kappa shape index (κ1) is 29.5. The molecule has 2 heterocycles. The van der Waals surface area contributed by atoms with E-state index in [0.29, 0.717) is 5.57 Å². The maximum atomic E-state index is 9.69. The van der Waals surface area contributed by atoms with Gasteiger partial charge in [0.15, 0.2) is 11.3 Å². The predicted molar refractivity (Wildman–Crippen MR) is 158 cm³/mol. The van der Waals surface area contributed by atoms with Crippen LogP contribution >= 0.6 is 11.3 Å². The predicted octanol–water partition coefficient (Wildman–Crippen LogP) is 7.24. The molecule has 200 valence electrons. The van der Waals surface area contributed by atoms with Crippen LogP contribution in [0.2, 0.25) is 0 Å². The first-order valence-electron chi connectivity index (χ1n) is 13.2.